The molecule has 1 aliphatic heterocycles. The Morgan fingerprint density at radius 3 is 3.03 bits per heavy atom. The number of fused-ring (bicyclic) bond motifs is 1. The number of benzene rings is 2. The fourth-order valence-electron chi connectivity index (χ4n) is 3.98. The highest BCUT2D eigenvalue weighted by Crippen LogP contribution is 2.32. The van der Waals surface area contributed by atoms with Gasteiger partial charge in [-0.1, -0.05) is 24.3 Å². The van der Waals surface area contributed by atoms with Crippen LogP contribution in [0.25, 0.3) is 21.9 Å². The van der Waals surface area contributed by atoms with Gasteiger partial charge >= 0.3 is 6.09 Å². The van der Waals surface area contributed by atoms with Crippen molar-refractivity contribution in [3.8, 4) is 17.2 Å². The second-order valence-electron chi connectivity index (χ2n) is 7.53. The Kier molecular flexibility index (Phi) is 5.80. The molecule has 0 aliphatic carbocycles. The molecule has 152 valence electrons. The second kappa shape index (κ2) is 8.83. The minimum Gasteiger partial charge on any atom is -0.453 e. The van der Waals surface area contributed by atoms with E-state index in [1.165, 1.54) is 7.11 Å². The molecule has 1 atom stereocenters. The van der Waals surface area contributed by atoms with Crippen molar-refractivity contribution in [3.63, 3.8) is 0 Å². The number of carbonyl (C=O) groups excluding carboxylic acids is 1. The lowest BCUT2D eigenvalue weighted by atomic mass is 9.98. The molecule has 30 heavy (non-hydrogen) atoms. The van der Waals surface area contributed by atoms with E-state index in [0.29, 0.717) is 19.5 Å². The summed E-state index contributed by atoms with van der Waals surface area (Å²) in [6.07, 6.45) is 5.51. The van der Waals surface area contributed by atoms with Crippen LogP contribution in [0.5, 0.6) is 0 Å². The minimum absolute atomic E-state index is 0.157. The van der Waals surface area contributed by atoms with E-state index in [4.69, 9.17) is 10.00 Å². The van der Waals surface area contributed by atoms with Gasteiger partial charge in [0.15, 0.2) is 0 Å². The molecule has 4 rings (SSSR count). The van der Waals surface area contributed by atoms with Crippen LogP contribution in [-0.4, -0.2) is 42.2 Å². The molecule has 0 bridgehead atoms. The Morgan fingerprint density at radius 2 is 2.20 bits per heavy atom. The highest BCUT2D eigenvalue weighted by molar-refractivity contribution is 5.97. The molecule has 1 N–H and O–H groups in total. The Labute approximate surface area is 176 Å². The Hall–Kier alpha value is -3.59. The summed E-state index contributed by atoms with van der Waals surface area (Å²) in [6, 6.07) is 17.0. The molecule has 0 spiro atoms. The SMILES string of the molecule is COC(=O)N1CCC(Nc2cc(-c3cccc(CCC#N)c3)cc3ccncc23)C1. The predicted octanol–water partition coefficient (Wildman–Crippen LogP) is 4.61. The molecule has 1 aromatic heterocycles. The van der Waals surface area contributed by atoms with E-state index in [-0.39, 0.29) is 12.1 Å². The number of amides is 1. The highest BCUT2D eigenvalue weighted by atomic mass is 16.5. The van der Waals surface area contributed by atoms with Crippen molar-refractivity contribution in [2.45, 2.75) is 25.3 Å². The predicted molar refractivity (Wildman–Crippen MR) is 117 cm³/mol. The second-order valence-corrected chi connectivity index (χ2v) is 7.53. The quantitative estimate of drug-likeness (QED) is 0.677. The van der Waals surface area contributed by atoms with E-state index in [1.54, 1.807) is 11.1 Å². The maximum atomic E-state index is 11.8. The summed E-state index contributed by atoms with van der Waals surface area (Å²) in [7, 11) is 1.41. The molecule has 2 aromatic carbocycles. The third-order valence-corrected chi connectivity index (χ3v) is 5.52. The van der Waals surface area contributed by atoms with Gasteiger partial charge in [0.05, 0.1) is 13.2 Å². The Balaban J connectivity index is 1.65. The summed E-state index contributed by atoms with van der Waals surface area (Å²) in [5.74, 6) is 0. The molecule has 0 saturated carbocycles. The maximum Gasteiger partial charge on any atom is 0.409 e. The van der Waals surface area contributed by atoms with E-state index in [0.717, 1.165) is 46.0 Å². The first-order valence-corrected chi connectivity index (χ1v) is 10.1. The first-order valence-electron chi connectivity index (χ1n) is 10.1. The third-order valence-electron chi connectivity index (χ3n) is 5.52. The summed E-state index contributed by atoms with van der Waals surface area (Å²) in [5, 5.41) is 14.7. The van der Waals surface area contributed by atoms with Crippen LogP contribution in [0.2, 0.25) is 0 Å². The van der Waals surface area contributed by atoms with Crippen LogP contribution in [0.4, 0.5) is 10.5 Å². The summed E-state index contributed by atoms with van der Waals surface area (Å²) in [6.45, 7) is 1.30. The standard InChI is InChI=1S/C24H24N4O2/c1-30-24(29)28-11-8-21(16-28)27-23-14-20(13-19-7-10-26-15-22(19)23)18-6-2-4-17(12-18)5-3-9-25/h2,4,6-7,10,12-15,21,27H,3,5,8,11,16H2,1H3. The van der Waals surface area contributed by atoms with Gasteiger partial charge in [0.2, 0.25) is 0 Å². The molecule has 1 aliphatic rings. The number of nitriles is 1. The number of nitrogens with one attached hydrogen (secondary N) is 1. The molecular weight excluding hydrogens is 376 g/mol. The largest absolute Gasteiger partial charge is 0.453 e. The van der Waals surface area contributed by atoms with E-state index in [9.17, 15) is 4.79 Å². The monoisotopic (exact) mass is 400 g/mol. The molecule has 3 aromatic rings. The van der Waals surface area contributed by atoms with Gasteiger partial charge in [-0.05, 0) is 53.1 Å². The van der Waals surface area contributed by atoms with Crippen molar-refractivity contribution < 1.29 is 9.53 Å². The lowest BCUT2D eigenvalue weighted by Crippen LogP contribution is -2.31. The number of anilines is 1. The number of hydrogen-bond acceptors (Lipinski definition) is 5. The van der Waals surface area contributed by atoms with Crippen molar-refractivity contribution in [1.29, 1.82) is 5.26 Å². The van der Waals surface area contributed by atoms with Crippen LogP contribution in [0.3, 0.4) is 0 Å². The van der Waals surface area contributed by atoms with Gasteiger partial charge in [0.1, 0.15) is 0 Å². The normalized spacial score (nSPS) is 15.7. The molecule has 0 radical (unpaired) electrons. The average Bonchev–Trinajstić information content (AvgIpc) is 3.26. The number of aromatic nitrogens is 1. The van der Waals surface area contributed by atoms with Gasteiger partial charge in [-0.25, -0.2) is 4.79 Å². The number of methoxy groups -OCH3 is 1. The zero-order valence-electron chi connectivity index (χ0n) is 17.0. The van der Waals surface area contributed by atoms with Crippen molar-refractivity contribution in [2.24, 2.45) is 0 Å². The number of pyridine rings is 1. The average molecular weight is 400 g/mol. The summed E-state index contributed by atoms with van der Waals surface area (Å²) < 4.78 is 4.85. The fourth-order valence-corrected chi connectivity index (χ4v) is 3.98. The zero-order valence-corrected chi connectivity index (χ0v) is 17.0. The van der Waals surface area contributed by atoms with E-state index < -0.39 is 0 Å². The summed E-state index contributed by atoms with van der Waals surface area (Å²) >= 11 is 0. The van der Waals surface area contributed by atoms with Gasteiger partial charge in [-0.2, -0.15) is 5.26 Å². The number of carbonyl (C=O) groups is 1. The van der Waals surface area contributed by atoms with Crippen LogP contribution in [0, 0.1) is 11.3 Å². The highest BCUT2D eigenvalue weighted by Gasteiger charge is 2.27. The summed E-state index contributed by atoms with van der Waals surface area (Å²) in [4.78, 5) is 17.8. The molecule has 2 heterocycles. The van der Waals surface area contributed by atoms with Crippen molar-refractivity contribution in [1.82, 2.24) is 9.88 Å². The van der Waals surface area contributed by atoms with Crippen molar-refractivity contribution >= 4 is 22.6 Å². The minimum atomic E-state index is -0.284. The molecule has 1 saturated heterocycles. The number of rotatable bonds is 5. The van der Waals surface area contributed by atoms with E-state index in [2.05, 4.69) is 46.7 Å². The molecule has 1 fully saturated rings. The van der Waals surface area contributed by atoms with Gasteiger partial charge in [-0.15, -0.1) is 0 Å². The van der Waals surface area contributed by atoms with Crippen molar-refractivity contribution in [3.05, 3.63) is 60.4 Å². The lowest BCUT2D eigenvalue weighted by Gasteiger charge is -2.18. The van der Waals surface area contributed by atoms with E-state index >= 15 is 0 Å². The number of nitrogens with zero attached hydrogens (tertiary/aromatic N) is 3. The third kappa shape index (κ3) is 4.20. The maximum absolute atomic E-state index is 11.8. The van der Waals surface area contributed by atoms with Gasteiger partial charge < -0.3 is 15.0 Å². The van der Waals surface area contributed by atoms with Crippen LogP contribution in [-0.2, 0) is 11.2 Å². The van der Waals surface area contributed by atoms with E-state index in [1.807, 2.05) is 18.3 Å². The smallest absolute Gasteiger partial charge is 0.409 e. The number of likely N-dealkylation sites (tertiary alicyclic amines) is 1. The van der Waals surface area contributed by atoms with Crippen LogP contribution in [0.1, 0.15) is 18.4 Å². The summed E-state index contributed by atoms with van der Waals surface area (Å²) in [5.41, 5.74) is 4.39. The van der Waals surface area contributed by atoms with Crippen LogP contribution in [0.15, 0.2) is 54.9 Å². The molecular formula is C24H24N4O2. The molecule has 6 nitrogen and oxygen atoms in total. The first-order chi connectivity index (χ1) is 14.7. The molecule has 6 heteroatoms. The molecule has 1 amide bonds. The van der Waals surface area contributed by atoms with Gasteiger partial charge in [0, 0.05) is 49.0 Å². The lowest BCUT2D eigenvalue weighted by molar-refractivity contribution is 0.133. The Morgan fingerprint density at radius 1 is 1.30 bits per heavy atom. The number of ether oxygens (including phenoxy) is 1. The molecule has 1 unspecified atom stereocenters. The number of hydrogen-bond donors (Lipinski definition) is 1. The van der Waals surface area contributed by atoms with Crippen molar-refractivity contribution in [2.75, 3.05) is 25.5 Å². The Bertz CT molecular complexity index is 1110. The van der Waals surface area contributed by atoms with Gasteiger partial charge in [0.25, 0.3) is 0 Å². The number of aryl methyl sites for hydroxylation is 1. The first kappa shape index (κ1) is 19.7. The fraction of sp³-hybridized carbons (Fsp3) is 0.292. The van der Waals surface area contributed by atoms with Gasteiger partial charge in [-0.3, -0.25) is 4.98 Å². The van der Waals surface area contributed by atoms with Crippen LogP contribution < -0.4 is 5.32 Å². The zero-order chi connectivity index (χ0) is 20.9. The topological polar surface area (TPSA) is 78.2 Å². The van der Waals surface area contributed by atoms with Crippen LogP contribution >= 0.6 is 0 Å².